The van der Waals surface area contributed by atoms with Crippen LogP contribution in [0, 0.1) is 0 Å². The van der Waals surface area contributed by atoms with Crippen molar-refractivity contribution in [2.45, 2.75) is 6.35 Å². The van der Waals surface area contributed by atoms with Crippen molar-refractivity contribution >= 4 is 41.3 Å². The van der Waals surface area contributed by atoms with Crippen molar-refractivity contribution in [2.75, 3.05) is 0 Å². The molecule has 9 heteroatoms. The van der Waals surface area contributed by atoms with E-state index in [1.54, 1.807) is 0 Å². The molecule has 2 aliphatic heterocycles. The number of carbonyl (C=O) groups excluding carboxylic acids is 1. The van der Waals surface area contributed by atoms with E-state index in [9.17, 15) is 9.59 Å². The van der Waals surface area contributed by atoms with Crippen LogP contribution in [0.5, 0.6) is 0 Å². The quantitative estimate of drug-likeness (QED) is 0.549. The lowest BCUT2D eigenvalue weighted by Crippen LogP contribution is -2.46. The van der Waals surface area contributed by atoms with Crippen LogP contribution >= 0.6 is 23.4 Å². The van der Waals surface area contributed by atoms with Gasteiger partial charge in [0.1, 0.15) is 5.16 Å². The molecule has 2 amide bonds. The molecule has 0 bridgehead atoms. The Morgan fingerprint density at radius 1 is 1.67 bits per heavy atom. The number of ether oxygens (including phenoxy) is 1. The maximum absolute atomic E-state index is 11.3. The maximum atomic E-state index is 11.3. The van der Waals surface area contributed by atoms with Gasteiger partial charge in [0.2, 0.25) is 0 Å². The van der Waals surface area contributed by atoms with Gasteiger partial charge >= 0.3 is 17.9 Å². The molecule has 0 aromatic carbocycles. The highest BCUT2D eigenvalue weighted by Gasteiger charge is 2.42. The molecule has 2 heterocycles. The monoisotopic (exact) mass is 251 g/mol. The smallest absolute Gasteiger partial charge is 0.392 e. The van der Waals surface area contributed by atoms with Crippen LogP contribution < -0.4 is 0 Å². The molecule has 1 N–H and O–H groups in total. The van der Waals surface area contributed by atoms with Crippen molar-refractivity contribution in [3.05, 3.63) is 11.4 Å². The summed E-state index contributed by atoms with van der Waals surface area (Å²) in [6.45, 7) is 0. The van der Waals surface area contributed by atoms with Gasteiger partial charge in [0.25, 0.3) is 6.35 Å². The van der Waals surface area contributed by atoms with Crippen molar-refractivity contribution < 1.29 is 19.4 Å². The highest BCUT2D eigenvalue weighted by Crippen LogP contribution is 2.30. The molecule has 2 rings (SSSR count). The number of carboxylic acid groups (broad SMARTS) is 1. The number of amides is 2. The van der Waals surface area contributed by atoms with Crippen LogP contribution in [-0.4, -0.2) is 38.7 Å². The molecule has 0 radical (unpaired) electrons. The fraction of sp³-hybridized carbons (Fsp3) is 0.167. The van der Waals surface area contributed by atoms with Gasteiger partial charge in [-0.15, -0.1) is 0 Å². The van der Waals surface area contributed by atoms with Crippen molar-refractivity contribution in [1.82, 2.24) is 9.32 Å². The molecule has 7 nitrogen and oxygen atoms in total. The van der Waals surface area contributed by atoms with Crippen LogP contribution in [0.3, 0.4) is 0 Å². The molecule has 1 atom stereocenters. The number of aliphatic imine (C=N–C) groups is 1. The largest absolute Gasteiger partial charge is 0.474 e. The number of urea groups is 1. The molecule has 0 saturated carbocycles. The highest BCUT2D eigenvalue weighted by atomic mass is 35.5. The number of nitrogens with zero attached hydrogens (tertiary/aromatic N) is 3. The van der Waals surface area contributed by atoms with Gasteiger partial charge < -0.3 is 9.84 Å². The molecule has 0 fully saturated rings. The number of carbonyl (C=O) groups is 2. The number of rotatable bonds is 1. The third kappa shape index (κ3) is 1.49. The Balaban J connectivity index is 2.31. The van der Waals surface area contributed by atoms with Crippen LogP contribution in [0.4, 0.5) is 4.79 Å². The summed E-state index contributed by atoms with van der Waals surface area (Å²) in [6.07, 6.45) is 0.0965. The molecule has 0 aromatic heterocycles. The third-order valence-electron chi connectivity index (χ3n) is 1.70. The maximum Gasteiger partial charge on any atom is 0.392 e. The van der Waals surface area contributed by atoms with Crippen LogP contribution in [0.1, 0.15) is 0 Å². The van der Waals surface area contributed by atoms with Gasteiger partial charge in [-0.3, -0.25) is 0 Å². The van der Waals surface area contributed by atoms with Gasteiger partial charge in [0.05, 0.1) is 6.20 Å². The lowest BCUT2D eigenvalue weighted by molar-refractivity contribution is -0.132. The fourth-order valence-corrected chi connectivity index (χ4v) is 1.44. The van der Waals surface area contributed by atoms with Crippen molar-refractivity contribution in [3.63, 3.8) is 0 Å². The van der Waals surface area contributed by atoms with Gasteiger partial charge in [0.15, 0.2) is 0 Å². The number of halogens is 2. The highest BCUT2D eigenvalue weighted by molar-refractivity contribution is 6.35. The van der Waals surface area contributed by atoms with E-state index in [0.717, 1.165) is 9.32 Å². The van der Waals surface area contributed by atoms with Crippen LogP contribution in [-0.2, 0) is 9.53 Å². The summed E-state index contributed by atoms with van der Waals surface area (Å²) in [6, 6.07) is -0.801. The predicted octanol–water partition coefficient (Wildman–Crippen LogP) is 0.712. The topological polar surface area (TPSA) is 82.4 Å². The first-order valence-corrected chi connectivity index (χ1v) is 4.35. The Labute approximate surface area is 93.2 Å². The number of hydrogen-bond acceptors (Lipinski definition) is 4. The number of hydrogen-bond donors (Lipinski definition) is 1. The Morgan fingerprint density at radius 3 is 2.93 bits per heavy atom. The SMILES string of the molecule is O=C(O)C1=NC(=O)N2C=C(Cl)N(Cl)C2O1. The van der Waals surface area contributed by atoms with Gasteiger partial charge in [-0.25, -0.2) is 18.9 Å². The van der Waals surface area contributed by atoms with Crippen LogP contribution in [0.15, 0.2) is 16.3 Å². The molecule has 0 aliphatic carbocycles. The summed E-state index contributed by atoms with van der Waals surface area (Å²) < 4.78 is 5.72. The summed E-state index contributed by atoms with van der Waals surface area (Å²) in [5.74, 6) is -2.16. The average Bonchev–Trinajstić information content (AvgIpc) is 2.45. The van der Waals surface area contributed by atoms with Crippen molar-refractivity contribution in [3.8, 4) is 0 Å². The van der Waals surface area contributed by atoms with Gasteiger partial charge in [-0.05, 0) is 0 Å². The molecule has 2 aliphatic rings. The summed E-state index contributed by atoms with van der Waals surface area (Å²) in [7, 11) is 0. The number of carboxylic acids is 1. The average molecular weight is 252 g/mol. The van der Waals surface area contributed by atoms with E-state index in [2.05, 4.69) is 4.99 Å². The summed E-state index contributed by atoms with van der Waals surface area (Å²) in [4.78, 5) is 26.0. The molecule has 0 aromatic rings. The Kier molecular flexibility index (Phi) is 2.20. The van der Waals surface area contributed by atoms with E-state index in [4.69, 9.17) is 33.2 Å². The van der Waals surface area contributed by atoms with Crippen LogP contribution in [0.2, 0.25) is 0 Å². The summed E-state index contributed by atoms with van der Waals surface area (Å²) >= 11 is 11.3. The van der Waals surface area contributed by atoms with E-state index >= 15 is 0 Å². The Bertz CT molecular complexity index is 407. The second-order valence-electron chi connectivity index (χ2n) is 2.62. The zero-order valence-electron chi connectivity index (χ0n) is 6.92. The minimum atomic E-state index is -1.45. The number of aliphatic carboxylic acids is 1. The standard InChI is InChI=1S/C6H3Cl2N3O4/c7-2-1-10-5(14)9-3(4(12)13)15-6(10)11(2)8/h1,6H,(H,12,13). The molecule has 1 unspecified atom stereocenters. The molecule has 0 saturated heterocycles. The molecular formula is C6H3Cl2N3O4. The number of fused-ring (bicyclic) bond motifs is 1. The van der Waals surface area contributed by atoms with E-state index in [0.29, 0.717) is 0 Å². The normalized spacial score (nSPS) is 24.4. The molecule has 80 valence electrons. The Morgan fingerprint density at radius 2 is 2.33 bits per heavy atom. The zero-order chi connectivity index (χ0) is 11.2. The first-order valence-electron chi connectivity index (χ1n) is 3.64. The lowest BCUT2D eigenvalue weighted by atomic mass is 10.6. The van der Waals surface area contributed by atoms with Gasteiger partial charge in [-0.1, -0.05) is 11.6 Å². The zero-order valence-corrected chi connectivity index (χ0v) is 8.44. The van der Waals surface area contributed by atoms with E-state index < -0.39 is 24.3 Å². The van der Waals surface area contributed by atoms with Crippen LogP contribution in [0.25, 0.3) is 0 Å². The Hall–Kier alpha value is -1.47. The second-order valence-corrected chi connectivity index (χ2v) is 3.37. The first kappa shape index (κ1) is 10.1. The van der Waals surface area contributed by atoms with Crippen molar-refractivity contribution in [1.29, 1.82) is 0 Å². The van der Waals surface area contributed by atoms with E-state index in [-0.39, 0.29) is 5.16 Å². The summed E-state index contributed by atoms with van der Waals surface area (Å²) in [5.41, 5.74) is 0. The van der Waals surface area contributed by atoms with E-state index in [1.807, 2.05) is 0 Å². The molecule has 15 heavy (non-hydrogen) atoms. The molecule has 0 spiro atoms. The van der Waals surface area contributed by atoms with Gasteiger partial charge in [-0.2, -0.15) is 4.99 Å². The van der Waals surface area contributed by atoms with Gasteiger partial charge in [0, 0.05) is 11.8 Å². The lowest BCUT2D eigenvalue weighted by Gasteiger charge is -2.28. The second kappa shape index (κ2) is 3.28. The minimum Gasteiger partial charge on any atom is -0.474 e. The molecular weight excluding hydrogens is 249 g/mol. The van der Waals surface area contributed by atoms with Crippen molar-refractivity contribution in [2.24, 2.45) is 4.99 Å². The fourth-order valence-electron chi connectivity index (χ4n) is 1.07. The minimum absolute atomic E-state index is 0.0388. The summed E-state index contributed by atoms with van der Waals surface area (Å²) in [5, 5.41) is 8.63. The first-order chi connectivity index (χ1) is 7.00. The van der Waals surface area contributed by atoms with E-state index in [1.165, 1.54) is 6.20 Å². The third-order valence-corrected chi connectivity index (χ3v) is 2.41. The predicted molar refractivity (Wildman–Crippen MR) is 48.8 cm³/mol.